The Labute approximate surface area is 119 Å². The van der Waals surface area contributed by atoms with Gasteiger partial charge in [0.2, 0.25) is 5.91 Å². The summed E-state index contributed by atoms with van der Waals surface area (Å²) >= 11 is 0. The highest BCUT2D eigenvalue weighted by molar-refractivity contribution is 5.95. The number of para-hydroxylation sites is 2. The molecule has 0 bridgehead atoms. The van der Waals surface area contributed by atoms with E-state index in [0.29, 0.717) is 37.3 Å². The highest BCUT2D eigenvalue weighted by Gasteiger charge is 2.31. The average Bonchev–Trinajstić information content (AvgIpc) is 2.41. The first-order valence-electron chi connectivity index (χ1n) is 7.16. The second-order valence-electron chi connectivity index (χ2n) is 5.28. The van der Waals surface area contributed by atoms with Gasteiger partial charge in [-0.3, -0.25) is 9.59 Å². The van der Waals surface area contributed by atoms with E-state index in [9.17, 15) is 9.59 Å². The molecule has 1 N–H and O–H groups in total. The number of rotatable bonds is 4. The molecule has 4 heteroatoms. The van der Waals surface area contributed by atoms with E-state index >= 15 is 0 Å². The molecule has 2 atom stereocenters. The van der Waals surface area contributed by atoms with Gasteiger partial charge in [0.1, 0.15) is 11.5 Å². The number of nitrogens with one attached hydrogen (secondary N) is 1. The van der Waals surface area contributed by atoms with Gasteiger partial charge in [-0.25, -0.2) is 0 Å². The first kappa shape index (κ1) is 14.6. The summed E-state index contributed by atoms with van der Waals surface area (Å²) in [4.78, 5) is 23.8. The Balaban J connectivity index is 2.06. The lowest BCUT2D eigenvalue weighted by Crippen LogP contribution is -2.33. The van der Waals surface area contributed by atoms with Crippen LogP contribution in [0.2, 0.25) is 0 Å². The first-order valence-corrected chi connectivity index (χ1v) is 7.16. The van der Waals surface area contributed by atoms with Gasteiger partial charge in [0.25, 0.3) is 0 Å². The summed E-state index contributed by atoms with van der Waals surface area (Å²) in [5, 5.41) is 2.94. The number of carbonyl (C=O) groups is 2. The molecule has 108 valence electrons. The second kappa shape index (κ2) is 6.55. The van der Waals surface area contributed by atoms with Crippen LogP contribution in [0.3, 0.4) is 0 Å². The normalized spacial score (nSPS) is 22.4. The van der Waals surface area contributed by atoms with Gasteiger partial charge in [0, 0.05) is 18.8 Å². The van der Waals surface area contributed by atoms with Crippen molar-refractivity contribution in [2.45, 2.75) is 33.1 Å². The molecule has 0 saturated heterocycles. The van der Waals surface area contributed by atoms with Gasteiger partial charge in [-0.05, 0) is 31.4 Å². The third-order valence-corrected chi connectivity index (χ3v) is 3.75. The molecule has 1 amide bonds. The quantitative estimate of drug-likeness (QED) is 0.919. The van der Waals surface area contributed by atoms with Crippen molar-refractivity contribution in [3.8, 4) is 5.75 Å². The minimum atomic E-state index is -0.0950. The van der Waals surface area contributed by atoms with Crippen molar-refractivity contribution >= 4 is 17.4 Å². The predicted octanol–water partition coefficient (Wildman–Crippen LogP) is 3.03. The number of hydrogen-bond donors (Lipinski definition) is 1. The molecule has 0 unspecified atom stereocenters. The van der Waals surface area contributed by atoms with Crippen LogP contribution < -0.4 is 10.1 Å². The maximum Gasteiger partial charge on any atom is 0.227 e. The number of amides is 1. The van der Waals surface area contributed by atoms with E-state index in [1.807, 2.05) is 38.1 Å². The zero-order chi connectivity index (χ0) is 14.5. The molecule has 1 aromatic carbocycles. The monoisotopic (exact) mass is 275 g/mol. The molecule has 1 fully saturated rings. The largest absolute Gasteiger partial charge is 0.492 e. The van der Waals surface area contributed by atoms with Crippen molar-refractivity contribution < 1.29 is 14.3 Å². The van der Waals surface area contributed by atoms with Crippen molar-refractivity contribution in [2.24, 2.45) is 11.8 Å². The van der Waals surface area contributed by atoms with Gasteiger partial charge >= 0.3 is 0 Å². The highest BCUT2D eigenvalue weighted by Crippen LogP contribution is 2.30. The maximum atomic E-state index is 12.4. The Morgan fingerprint density at radius 2 is 2.15 bits per heavy atom. The Bertz CT molecular complexity index is 498. The third kappa shape index (κ3) is 3.38. The second-order valence-corrected chi connectivity index (χ2v) is 5.28. The Morgan fingerprint density at radius 3 is 2.85 bits per heavy atom. The van der Waals surface area contributed by atoms with E-state index in [0.717, 1.165) is 0 Å². The van der Waals surface area contributed by atoms with Crippen LogP contribution in [0.1, 0.15) is 33.1 Å². The molecular weight excluding hydrogens is 254 g/mol. The SMILES string of the molecule is CCOc1ccccc1NC(=O)[C@H]1CCC(=O)C[C@H]1C. The van der Waals surface area contributed by atoms with Crippen molar-refractivity contribution in [1.82, 2.24) is 0 Å². The van der Waals surface area contributed by atoms with Crippen LogP contribution in [0.4, 0.5) is 5.69 Å². The highest BCUT2D eigenvalue weighted by atomic mass is 16.5. The number of benzene rings is 1. The van der Waals surface area contributed by atoms with E-state index in [-0.39, 0.29) is 23.5 Å². The molecule has 0 heterocycles. The fraction of sp³-hybridized carbons (Fsp3) is 0.500. The Morgan fingerprint density at radius 1 is 1.40 bits per heavy atom. The minimum absolute atomic E-state index is 0.0165. The lowest BCUT2D eigenvalue weighted by atomic mass is 9.79. The van der Waals surface area contributed by atoms with Crippen LogP contribution >= 0.6 is 0 Å². The summed E-state index contributed by atoms with van der Waals surface area (Å²) in [6, 6.07) is 7.42. The van der Waals surface area contributed by atoms with E-state index in [1.54, 1.807) is 0 Å². The molecule has 0 aliphatic heterocycles. The van der Waals surface area contributed by atoms with Crippen molar-refractivity contribution in [2.75, 3.05) is 11.9 Å². The van der Waals surface area contributed by atoms with Gasteiger partial charge in [-0.15, -0.1) is 0 Å². The zero-order valence-corrected chi connectivity index (χ0v) is 12.0. The van der Waals surface area contributed by atoms with Gasteiger partial charge < -0.3 is 10.1 Å². The Kier molecular flexibility index (Phi) is 4.77. The minimum Gasteiger partial charge on any atom is -0.492 e. The number of ketones is 1. The number of carbonyl (C=O) groups excluding carboxylic acids is 2. The molecule has 0 aromatic heterocycles. The van der Waals surface area contributed by atoms with Crippen LogP contribution in [0, 0.1) is 11.8 Å². The summed E-state index contributed by atoms with van der Waals surface area (Å²) in [5.41, 5.74) is 0.698. The fourth-order valence-electron chi connectivity index (χ4n) is 2.67. The van der Waals surface area contributed by atoms with Crippen LogP contribution in [-0.4, -0.2) is 18.3 Å². The topological polar surface area (TPSA) is 55.4 Å². The van der Waals surface area contributed by atoms with Gasteiger partial charge in [0.15, 0.2) is 0 Å². The van der Waals surface area contributed by atoms with Gasteiger partial charge in [-0.1, -0.05) is 19.1 Å². The summed E-state index contributed by atoms with van der Waals surface area (Å²) in [6.07, 6.45) is 1.66. The van der Waals surface area contributed by atoms with Crippen LogP contribution in [-0.2, 0) is 9.59 Å². The van der Waals surface area contributed by atoms with E-state index in [4.69, 9.17) is 4.74 Å². The van der Waals surface area contributed by atoms with E-state index < -0.39 is 0 Å². The molecule has 1 aromatic rings. The van der Waals surface area contributed by atoms with Crippen molar-refractivity contribution in [1.29, 1.82) is 0 Å². The zero-order valence-electron chi connectivity index (χ0n) is 12.0. The number of Topliss-reactive ketones (excluding diaryl/α,β-unsaturated/α-hetero) is 1. The van der Waals surface area contributed by atoms with E-state index in [1.165, 1.54) is 0 Å². The van der Waals surface area contributed by atoms with Gasteiger partial charge in [-0.2, -0.15) is 0 Å². The lowest BCUT2D eigenvalue weighted by molar-refractivity contribution is -0.127. The van der Waals surface area contributed by atoms with Crippen molar-refractivity contribution in [3.63, 3.8) is 0 Å². The molecule has 1 aliphatic carbocycles. The summed E-state index contributed by atoms with van der Waals surface area (Å²) in [5.74, 6) is 0.939. The van der Waals surface area contributed by atoms with Crippen LogP contribution in [0.25, 0.3) is 0 Å². The van der Waals surface area contributed by atoms with E-state index in [2.05, 4.69) is 5.32 Å². The first-order chi connectivity index (χ1) is 9.61. The number of anilines is 1. The molecule has 1 saturated carbocycles. The van der Waals surface area contributed by atoms with Gasteiger partial charge in [0.05, 0.1) is 12.3 Å². The third-order valence-electron chi connectivity index (χ3n) is 3.75. The number of hydrogen-bond acceptors (Lipinski definition) is 3. The molecule has 4 nitrogen and oxygen atoms in total. The van der Waals surface area contributed by atoms with Crippen LogP contribution in [0.5, 0.6) is 5.75 Å². The lowest BCUT2D eigenvalue weighted by Gasteiger charge is -2.27. The van der Waals surface area contributed by atoms with Crippen LogP contribution in [0.15, 0.2) is 24.3 Å². The smallest absolute Gasteiger partial charge is 0.227 e. The molecule has 20 heavy (non-hydrogen) atoms. The summed E-state index contributed by atoms with van der Waals surface area (Å²) < 4.78 is 5.50. The Hall–Kier alpha value is -1.84. The molecule has 0 spiro atoms. The molecule has 2 rings (SSSR count). The summed E-state index contributed by atoms with van der Waals surface area (Å²) in [6.45, 7) is 4.43. The molecule has 0 radical (unpaired) electrons. The number of ether oxygens (including phenoxy) is 1. The predicted molar refractivity (Wildman–Crippen MR) is 77.8 cm³/mol. The summed E-state index contributed by atoms with van der Waals surface area (Å²) in [7, 11) is 0. The maximum absolute atomic E-state index is 12.4. The fourth-order valence-corrected chi connectivity index (χ4v) is 2.67. The standard InChI is InChI=1S/C16H21NO3/c1-3-20-15-7-5-4-6-14(15)17-16(19)13-9-8-12(18)10-11(13)2/h4-7,11,13H,3,8-10H2,1-2H3,(H,17,19)/t11-,13+/m1/s1. The molecule has 1 aliphatic rings. The van der Waals surface area contributed by atoms with Crippen molar-refractivity contribution in [3.05, 3.63) is 24.3 Å². The molecular formula is C16H21NO3. The average molecular weight is 275 g/mol.